The van der Waals surface area contributed by atoms with E-state index in [4.69, 9.17) is 11.6 Å². The van der Waals surface area contributed by atoms with Crippen LogP contribution in [-0.4, -0.2) is 5.88 Å². The number of fused-ring (bicyclic) bond motifs is 1. The molecular weight excluding hydrogens is 236 g/mol. The molecule has 0 N–H and O–H groups in total. The first-order valence-electron chi connectivity index (χ1n) is 5.69. The molecule has 1 unspecified atom stereocenters. The van der Waals surface area contributed by atoms with Crippen molar-refractivity contribution in [3.05, 3.63) is 35.2 Å². The number of hydrogen-bond acceptors (Lipinski definition) is 1. The normalized spacial score (nSPS) is 15.2. The quantitative estimate of drug-likeness (QED) is 0.664. The summed E-state index contributed by atoms with van der Waals surface area (Å²) in [7, 11) is 0. The standard InChI is InChI=1S/C14H17ClS/c1-3-14(2,10-15)8-11-9-16-13-7-5-4-6-12(11)13/h4-7,9H,3,8,10H2,1-2H3. The van der Waals surface area contributed by atoms with Crippen LogP contribution in [0.1, 0.15) is 25.8 Å². The van der Waals surface area contributed by atoms with Gasteiger partial charge in [-0.3, -0.25) is 0 Å². The van der Waals surface area contributed by atoms with Crippen LogP contribution in [-0.2, 0) is 6.42 Å². The van der Waals surface area contributed by atoms with Crippen molar-refractivity contribution in [2.45, 2.75) is 26.7 Å². The molecule has 2 rings (SSSR count). The molecule has 0 saturated carbocycles. The molecule has 1 aromatic heterocycles. The lowest BCUT2D eigenvalue weighted by Gasteiger charge is -2.25. The topological polar surface area (TPSA) is 0 Å². The van der Waals surface area contributed by atoms with Crippen molar-refractivity contribution in [3.63, 3.8) is 0 Å². The molecule has 0 aliphatic rings. The van der Waals surface area contributed by atoms with Gasteiger partial charge in [-0.05, 0) is 40.7 Å². The molecule has 0 nitrogen and oxygen atoms in total. The highest BCUT2D eigenvalue weighted by molar-refractivity contribution is 7.17. The van der Waals surface area contributed by atoms with Crippen LogP contribution in [0.25, 0.3) is 10.1 Å². The van der Waals surface area contributed by atoms with Crippen LogP contribution in [0.4, 0.5) is 0 Å². The van der Waals surface area contributed by atoms with Gasteiger partial charge >= 0.3 is 0 Å². The average molecular weight is 253 g/mol. The van der Waals surface area contributed by atoms with Crippen molar-refractivity contribution in [1.82, 2.24) is 0 Å². The number of benzene rings is 1. The summed E-state index contributed by atoms with van der Waals surface area (Å²) in [6, 6.07) is 8.62. The molecule has 0 spiro atoms. The van der Waals surface area contributed by atoms with E-state index in [1.807, 2.05) is 11.3 Å². The van der Waals surface area contributed by atoms with Gasteiger partial charge in [0.1, 0.15) is 0 Å². The number of hydrogen-bond donors (Lipinski definition) is 0. The minimum absolute atomic E-state index is 0.228. The second-order valence-corrected chi connectivity index (χ2v) is 5.91. The first-order chi connectivity index (χ1) is 7.68. The molecule has 0 amide bonds. The Morgan fingerprint density at radius 2 is 2.06 bits per heavy atom. The van der Waals surface area contributed by atoms with E-state index in [1.165, 1.54) is 15.6 Å². The molecule has 0 saturated heterocycles. The highest BCUT2D eigenvalue weighted by Crippen LogP contribution is 2.33. The molecule has 2 heteroatoms. The Kier molecular flexibility index (Phi) is 3.56. The summed E-state index contributed by atoms with van der Waals surface area (Å²) in [5.41, 5.74) is 1.68. The first kappa shape index (κ1) is 11.9. The Hall–Kier alpha value is -0.530. The highest BCUT2D eigenvalue weighted by Gasteiger charge is 2.22. The third-order valence-corrected chi connectivity index (χ3v) is 5.01. The summed E-state index contributed by atoms with van der Waals surface area (Å²) < 4.78 is 1.38. The Balaban J connectivity index is 2.34. The second kappa shape index (κ2) is 4.77. The molecular formula is C14H17ClS. The van der Waals surface area contributed by atoms with Gasteiger partial charge in [0.05, 0.1) is 0 Å². The lowest BCUT2D eigenvalue weighted by molar-refractivity contribution is 0.357. The lowest BCUT2D eigenvalue weighted by atomic mass is 9.83. The van der Waals surface area contributed by atoms with Crippen molar-refractivity contribution in [1.29, 1.82) is 0 Å². The maximum Gasteiger partial charge on any atom is 0.0345 e. The Labute approximate surface area is 106 Å². The van der Waals surface area contributed by atoms with Crippen LogP contribution in [0.3, 0.4) is 0 Å². The van der Waals surface area contributed by atoms with Gasteiger partial charge in [-0.2, -0.15) is 0 Å². The van der Waals surface area contributed by atoms with Crippen molar-refractivity contribution in [2.24, 2.45) is 5.41 Å². The van der Waals surface area contributed by atoms with Crippen LogP contribution in [0.5, 0.6) is 0 Å². The van der Waals surface area contributed by atoms with Crippen molar-refractivity contribution >= 4 is 33.0 Å². The summed E-state index contributed by atoms with van der Waals surface area (Å²) in [5.74, 6) is 0.730. The van der Waals surface area contributed by atoms with E-state index in [2.05, 4.69) is 43.5 Å². The van der Waals surface area contributed by atoms with Crippen LogP contribution < -0.4 is 0 Å². The zero-order valence-corrected chi connectivity index (χ0v) is 11.4. The molecule has 0 radical (unpaired) electrons. The number of thiophene rings is 1. The second-order valence-electron chi connectivity index (χ2n) is 4.73. The zero-order valence-electron chi connectivity index (χ0n) is 9.79. The molecule has 1 atom stereocenters. The van der Waals surface area contributed by atoms with Gasteiger partial charge in [-0.25, -0.2) is 0 Å². The number of alkyl halides is 1. The Morgan fingerprint density at radius 1 is 1.31 bits per heavy atom. The van der Waals surface area contributed by atoms with Crippen LogP contribution in [0.15, 0.2) is 29.6 Å². The van der Waals surface area contributed by atoms with E-state index in [0.717, 1.165) is 18.7 Å². The van der Waals surface area contributed by atoms with Gasteiger partial charge in [-0.1, -0.05) is 32.0 Å². The fourth-order valence-electron chi connectivity index (χ4n) is 1.90. The lowest BCUT2D eigenvalue weighted by Crippen LogP contribution is -2.20. The van der Waals surface area contributed by atoms with Crippen molar-refractivity contribution < 1.29 is 0 Å². The predicted molar refractivity (Wildman–Crippen MR) is 74.6 cm³/mol. The van der Waals surface area contributed by atoms with Gasteiger partial charge in [0, 0.05) is 10.6 Å². The Bertz CT molecular complexity index is 468. The third kappa shape index (κ3) is 2.26. The molecule has 2 aromatic rings. The van der Waals surface area contributed by atoms with Gasteiger partial charge in [0.25, 0.3) is 0 Å². The van der Waals surface area contributed by atoms with E-state index in [0.29, 0.717) is 0 Å². The van der Waals surface area contributed by atoms with E-state index in [1.54, 1.807) is 0 Å². The SMILES string of the molecule is CCC(C)(CCl)Cc1csc2ccccc12. The molecule has 16 heavy (non-hydrogen) atoms. The molecule has 1 heterocycles. The maximum atomic E-state index is 6.08. The summed E-state index contributed by atoms with van der Waals surface area (Å²) in [6.45, 7) is 4.49. The molecule has 1 aromatic carbocycles. The highest BCUT2D eigenvalue weighted by atomic mass is 35.5. The maximum absolute atomic E-state index is 6.08. The molecule has 0 fully saturated rings. The predicted octanol–water partition coefficient (Wildman–Crippen LogP) is 5.10. The molecule has 0 aliphatic heterocycles. The van der Waals surface area contributed by atoms with Crippen molar-refractivity contribution in [3.8, 4) is 0 Å². The van der Waals surface area contributed by atoms with E-state index in [9.17, 15) is 0 Å². The Morgan fingerprint density at radius 3 is 2.75 bits per heavy atom. The van der Waals surface area contributed by atoms with Crippen LogP contribution in [0, 0.1) is 5.41 Å². The summed E-state index contributed by atoms with van der Waals surface area (Å²) in [4.78, 5) is 0. The van der Waals surface area contributed by atoms with Gasteiger partial charge in [0.15, 0.2) is 0 Å². The molecule has 0 bridgehead atoms. The monoisotopic (exact) mass is 252 g/mol. The van der Waals surface area contributed by atoms with Gasteiger partial charge < -0.3 is 0 Å². The van der Waals surface area contributed by atoms with E-state index >= 15 is 0 Å². The number of rotatable bonds is 4. The number of halogens is 1. The van der Waals surface area contributed by atoms with Crippen molar-refractivity contribution in [2.75, 3.05) is 5.88 Å². The third-order valence-electron chi connectivity index (χ3n) is 3.35. The fourth-order valence-corrected chi connectivity index (χ4v) is 3.14. The minimum Gasteiger partial charge on any atom is -0.144 e. The molecule has 86 valence electrons. The smallest absolute Gasteiger partial charge is 0.0345 e. The summed E-state index contributed by atoms with van der Waals surface area (Å²) >= 11 is 7.91. The van der Waals surface area contributed by atoms with Gasteiger partial charge in [0.2, 0.25) is 0 Å². The van der Waals surface area contributed by atoms with Crippen LogP contribution in [0.2, 0.25) is 0 Å². The van der Waals surface area contributed by atoms with Crippen LogP contribution >= 0.6 is 22.9 Å². The van der Waals surface area contributed by atoms with Gasteiger partial charge in [-0.15, -0.1) is 22.9 Å². The molecule has 0 aliphatic carbocycles. The average Bonchev–Trinajstić information content (AvgIpc) is 2.73. The zero-order chi connectivity index (χ0) is 11.6. The largest absolute Gasteiger partial charge is 0.144 e. The fraction of sp³-hybridized carbons (Fsp3) is 0.429. The summed E-state index contributed by atoms with van der Waals surface area (Å²) in [6.07, 6.45) is 2.21. The summed E-state index contributed by atoms with van der Waals surface area (Å²) in [5, 5.41) is 3.68. The minimum atomic E-state index is 0.228. The first-order valence-corrected chi connectivity index (χ1v) is 7.11. The van der Waals surface area contributed by atoms with E-state index < -0.39 is 0 Å². The van der Waals surface area contributed by atoms with E-state index in [-0.39, 0.29) is 5.41 Å².